The molecular formula is C20H20ClN3O3S. The van der Waals surface area contributed by atoms with Gasteiger partial charge in [-0.3, -0.25) is 10.1 Å². The summed E-state index contributed by atoms with van der Waals surface area (Å²) in [7, 11) is 1.62. The van der Waals surface area contributed by atoms with E-state index in [1.165, 1.54) is 11.3 Å². The lowest BCUT2D eigenvalue weighted by molar-refractivity contribution is 0.102. The number of carbonyl (C=O) groups is 1. The molecule has 1 aliphatic rings. The molecule has 1 amide bonds. The number of nitrogens with one attached hydrogen (secondary N) is 1. The molecule has 146 valence electrons. The summed E-state index contributed by atoms with van der Waals surface area (Å²) < 4.78 is 11.9. The van der Waals surface area contributed by atoms with Crippen LogP contribution >= 0.6 is 22.9 Å². The average Bonchev–Trinajstić information content (AvgIpc) is 3.17. The number of thiazole rings is 1. The fourth-order valence-electron chi connectivity index (χ4n) is 3.16. The zero-order valence-corrected chi connectivity index (χ0v) is 17.0. The lowest BCUT2D eigenvalue weighted by Crippen LogP contribution is -2.36. The van der Waals surface area contributed by atoms with Gasteiger partial charge in [-0.2, -0.15) is 0 Å². The van der Waals surface area contributed by atoms with Crippen molar-refractivity contribution in [3.63, 3.8) is 0 Å². The summed E-state index contributed by atoms with van der Waals surface area (Å²) in [6, 6.07) is 11.2. The van der Waals surface area contributed by atoms with E-state index in [9.17, 15) is 4.79 Å². The Morgan fingerprint density at radius 3 is 2.68 bits per heavy atom. The van der Waals surface area contributed by atoms with Crippen LogP contribution in [0.4, 0.5) is 10.8 Å². The Labute approximate surface area is 172 Å². The Hall–Kier alpha value is -2.35. The van der Waals surface area contributed by atoms with Crippen LogP contribution in [0, 0.1) is 0 Å². The normalized spacial score (nSPS) is 14.3. The first-order chi connectivity index (χ1) is 13.7. The number of benzene rings is 2. The number of aromatic nitrogens is 1. The Bertz CT molecular complexity index is 984. The number of amides is 1. The number of morpholine rings is 1. The van der Waals surface area contributed by atoms with Gasteiger partial charge in [0, 0.05) is 24.5 Å². The van der Waals surface area contributed by atoms with Crippen LogP contribution in [0.25, 0.3) is 10.2 Å². The maximum Gasteiger partial charge on any atom is 0.257 e. The number of anilines is 2. The van der Waals surface area contributed by atoms with Crippen LogP contribution in [-0.4, -0.2) is 44.3 Å². The van der Waals surface area contributed by atoms with Crippen LogP contribution < -0.4 is 15.0 Å². The van der Waals surface area contributed by atoms with Crippen molar-refractivity contribution >= 4 is 49.9 Å². The maximum absolute atomic E-state index is 12.6. The number of hydrogen-bond acceptors (Lipinski definition) is 6. The molecular weight excluding hydrogens is 398 g/mol. The van der Waals surface area contributed by atoms with E-state index in [0.29, 0.717) is 35.5 Å². The summed E-state index contributed by atoms with van der Waals surface area (Å²) in [6.07, 6.45) is 0. The summed E-state index contributed by atoms with van der Waals surface area (Å²) in [5.41, 5.74) is 3.37. The third-order valence-corrected chi connectivity index (χ3v) is 5.95. The van der Waals surface area contributed by atoms with Crippen molar-refractivity contribution in [2.45, 2.75) is 5.88 Å². The van der Waals surface area contributed by atoms with E-state index < -0.39 is 0 Å². The number of rotatable bonds is 5. The van der Waals surface area contributed by atoms with Crippen molar-refractivity contribution in [1.82, 2.24) is 4.98 Å². The molecule has 0 saturated carbocycles. The minimum Gasteiger partial charge on any atom is -0.494 e. The predicted molar refractivity (Wildman–Crippen MR) is 113 cm³/mol. The molecule has 0 unspecified atom stereocenters. The molecule has 8 heteroatoms. The smallest absolute Gasteiger partial charge is 0.257 e. The number of halogens is 1. The standard InChI is InChI=1S/C20H20ClN3O3S/c1-26-16-7-6-15(24-8-10-27-11-9-24)18-17(16)22-20(28-18)23-19(25)14-4-2-13(12-21)3-5-14/h2-7H,8-12H2,1H3,(H,22,23,25). The number of fused-ring (bicyclic) bond motifs is 1. The van der Waals surface area contributed by atoms with Crippen molar-refractivity contribution in [3.05, 3.63) is 47.5 Å². The second-order valence-corrected chi connectivity index (χ2v) is 7.63. The second kappa shape index (κ2) is 8.34. The van der Waals surface area contributed by atoms with Crippen molar-refractivity contribution in [1.29, 1.82) is 0 Å². The van der Waals surface area contributed by atoms with E-state index in [4.69, 9.17) is 21.1 Å². The molecule has 0 atom stereocenters. The van der Waals surface area contributed by atoms with Crippen LogP contribution in [0.3, 0.4) is 0 Å². The van der Waals surface area contributed by atoms with Crippen LogP contribution in [0.5, 0.6) is 5.75 Å². The predicted octanol–water partition coefficient (Wildman–Crippen LogP) is 4.13. The molecule has 2 heterocycles. The summed E-state index contributed by atoms with van der Waals surface area (Å²) in [6.45, 7) is 3.06. The van der Waals surface area contributed by atoms with Crippen LogP contribution in [0.1, 0.15) is 15.9 Å². The molecule has 1 saturated heterocycles. The first kappa shape index (κ1) is 19.0. The van der Waals surface area contributed by atoms with Crippen LogP contribution in [0.15, 0.2) is 36.4 Å². The fourth-order valence-corrected chi connectivity index (χ4v) is 4.35. The highest BCUT2D eigenvalue weighted by Crippen LogP contribution is 2.39. The molecule has 6 nitrogen and oxygen atoms in total. The highest BCUT2D eigenvalue weighted by molar-refractivity contribution is 7.23. The molecule has 2 aromatic carbocycles. The third-order valence-electron chi connectivity index (χ3n) is 4.65. The van der Waals surface area contributed by atoms with Crippen LogP contribution in [0.2, 0.25) is 0 Å². The maximum atomic E-state index is 12.6. The molecule has 0 spiro atoms. The average molecular weight is 418 g/mol. The summed E-state index contributed by atoms with van der Waals surface area (Å²) in [5, 5.41) is 3.45. The lowest BCUT2D eigenvalue weighted by atomic mass is 10.1. The zero-order valence-electron chi connectivity index (χ0n) is 15.4. The molecule has 28 heavy (non-hydrogen) atoms. The largest absolute Gasteiger partial charge is 0.494 e. The Balaban J connectivity index is 1.64. The van der Waals surface area contributed by atoms with E-state index in [2.05, 4.69) is 15.2 Å². The monoisotopic (exact) mass is 417 g/mol. The van der Waals surface area contributed by atoms with Crippen molar-refractivity contribution < 1.29 is 14.3 Å². The topological polar surface area (TPSA) is 63.7 Å². The highest BCUT2D eigenvalue weighted by atomic mass is 35.5. The number of methoxy groups -OCH3 is 1. The van der Waals surface area contributed by atoms with E-state index in [0.717, 1.165) is 34.6 Å². The minimum atomic E-state index is -0.202. The Morgan fingerprint density at radius 1 is 1.25 bits per heavy atom. The summed E-state index contributed by atoms with van der Waals surface area (Å²) in [4.78, 5) is 19.5. The van der Waals surface area contributed by atoms with Gasteiger partial charge in [-0.05, 0) is 29.8 Å². The van der Waals surface area contributed by atoms with Gasteiger partial charge < -0.3 is 14.4 Å². The van der Waals surface area contributed by atoms with Gasteiger partial charge in [0.1, 0.15) is 11.3 Å². The molecule has 1 fully saturated rings. The SMILES string of the molecule is COc1ccc(N2CCOCC2)c2sc(NC(=O)c3ccc(CCl)cc3)nc12. The summed E-state index contributed by atoms with van der Waals surface area (Å²) >= 11 is 7.26. The minimum absolute atomic E-state index is 0.202. The Morgan fingerprint density at radius 2 is 2.00 bits per heavy atom. The third kappa shape index (κ3) is 3.78. The van der Waals surface area contributed by atoms with Gasteiger partial charge >= 0.3 is 0 Å². The van der Waals surface area contributed by atoms with E-state index in [-0.39, 0.29) is 5.91 Å². The number of nitrogens with zero attached hydrogens (tertiary/aromatic N) is 2. The molecule has 1 aromatic heterocycles. The van der Waals surface area contributed by atoms with E-state index >= 15 is 0 Å². The first-order valence-electron chi connectivity index (χ1n) is 8.96. The lowest BCUT2D eigenvalue weighted by Gasteiger charge is -2.29. The molecule has 0 radical (unpaired) electrons. The van der Waals surface area contributed by atoms with Gasteiger partial charge in [0.2, 0.25) is 0 Å². The van der Waals surface area contributed by atoms with E-state index in [1.54, 1.807) is 19.2 Å². The number of ether oxygens (including phenoxy) is 2. The molecule has 1 N–H and O–H groups in total. The van der Waals surface area contributed by atoms with Gasteiger partial charge in [-0.1, -0.05) is 23.5 Å². The second-order valence-electron chi connectivity index (χ2n) is 6.37. The van der Waals surface area contributed by atoms with Gasteiger partial charge in [0.05, 0.1) is 30.7 Å². The van der Waals surface area contributed by atoms with E-state index in [1.807, 2.05) is 24.3 Å². The molecule has 0 aliphatic carbocycles. The van der Waals surface area contributed by atoms with Crippen molar-refractivity contribution in [2.75, 3.05) is 43.6 Å². The number of alkyl halides is 1. The fraction of sp³-hybridized carbons (Fsp3) is 0.300. The highest BCUT2D eigenvalue weighted by Gasteiger charge is 2.20. The number of carbonyl (C=O) groups excluding carboxylic acids is 1. The number of hydrogen-bond donors (Lipinski definition) is 1. The van der Waals surface area contributed by atoms with Gasteiger partial charge in [0.25, 0.3) is 5.91 Å². The van der Waals surface area contributed by atoms with Crippen molar-refractivity contribution in [2.24, 2.45) is 0 Å². The van der Waals surface area contributed by atoms with Crippen molar-refractivity contribution in [3.8, 4) is 5.75 Å². The molecule has 3 aromatic rings. The van der Waals surface area contributed by atoms with Gasteiger partial charge in [-0.25, -0.2) is 4.98 Å². The van der Waals surface area contributed by atoms with Gasteiger partial charge in [-0.15, -0.1) is 11.6 Å². The first-order valence-corrected chi connectivity index (χ1v) is 10.3. The van der Waals surface area contributed by atoms with Crippen LogP contribution in [-0.2, 0) is 10.6 Å². The Kier molecular flexibility index (Phi) is 5.66. The molecule has 0 bridgehead atoms. The van der Waals surface area contributed by atoms with Gasteiger partial charge in [0.15, 0.2) is 5.13 Å². The quantitative estimate of drug-likeness (QED) is 0.632. The summed E-state index contributed by atoms with van der Waals surface area (Å²) in [5.74, 6) is 0.909. The molecule has 1 aliphatic heterocycles. The zero-order chi connectivity index (χ0) is 19.5. The molecule has 4 rings (SSSR count).